The van der Waals surface area contributed by atoms with Gasteiger partial charge in [0.05, 0.1) is 6.42 Å². The number of piperidine rings is 1. The SMILES string of the molecule is O=C1CC(=O)C2(CCN(C3Cc4cccc5cccc3c45)CC2)N1c1ccccc1. The summed E-state index contributed by atoms with van der Waals surface area (Å²) in [6.45, 7) is 1.66. The molecule has 6 rings (SSSR count). The highest BCUT2D eigenvalue weighted by Crippen LogP contribution is 2.45. The Kier molecular flexibility index (Phi) is 3.87. The fourth-order valence-corrected chi connectivity index (χ4v) is 5.96. The van der Waals surface area contributed by atoms with E-state index in [9.17, 15) is 9.59 Å². The third-order valence-corrected chi connectivity index (χ3v) is 7.38. The molecule has 0 N–H and O–H groups in total. The maximum absolute atomic E-state index is 13.0. The number of likely N-dealkylation sites (tertiary alicyclic amines) is 1. The summed E-state index contributed by atoms with van der Waals surface area (Å²) in [7, 11) is 0. The second-order valence-corrected chi connectivity index (χ2v) is 8.81. The van der Waals surface area contributed by atoms with Gasteiger partial charge in [-0.25, -0.2) is 0 Å². The monoisotopic (exact) mass is 396 g/mol. The number of Topliss-reactive ketones (excluding diaryl/α,β-unsaturated/α-hetero) is 1. The molecule has 1 spiro atoms. The summed E-state index contributed by atoms with van der Waals surface area (Å²) in [6.07, 6.45) is 2.46. The Morgan fingerprint density at radius 3 is 2.33 bits per heavy atom. The maximum Gasteiger partial charge on any atom is 0.235 e. The van der Waals surface area contributed by atoms with Gasteiger partial charge in [-0.05, 0) is 53.3 Å². The Bertz CT molecular complexity index is 1160. The molecule has 1 unspecified atom stereocenters. The third-order valence-electron chi connectivity index (χ3n) is 7.38. The molecule has 2 fully saturated rings. The first-order valence-electron chi connectivity index (χ1n) is 10.8. The quantitative estimate of drug-likeness (QED) is 0.607. The Morgan fingerprint density at radius 2 is 1.57 bits per heavy atom. The summed E-state index contributed by atoms with van der Waals surface area (Å²) < 4.78 is 0. The van der Waals surface area contributed by atoms with Gasteiger partial charge in [-0.2, -0.15) is 0 Å². The first-order chi connectivity index (χ1) is 14.7. The molecule has 150 valence electrons. The lowest BCUT2D eigenvalue weighted by Gasteiger charge is -2.45. The molecule has 0 radical (unpaired) electrons. The molecule has 3 aromatic rings. The van der Waals surface area contributed by atoms with Crippen molar-refractivity contribution in [2.45, 2.75) is 37.3 Å². The predicted molar refractivity (Wildman–Crippen MR) is 117 cm³/mol. The molecule has 30 heavy (non-hydrogen) atoms. The zero-order valence-corrected chi connectivity index (χ0v) is 16.9. The van der Waals surface area contributed by atoms with Gasteiger partial charge >= 0.3 is 0 Å². The fourth-order valence-electron chi connectivity index (χ4n) is 5.96. The minimum atomic E-state index is -0.674. The predicted octanol–water partition coefficient (Wildman–Crippen LogP) is 4.28. The van der Waals surface area contributed by atoms with E-state index in [-0.39, 0.29) is 18.1 Å². The highest BCUT2D eigenvalue weighted by Gasteiger charge is 2.54. The summed E-state index contributed by atoms with van der Waals surface area (Å²) in [5, 5.41) is 2.72. The molecule has 2 aliphatic heterocycles. The van der Waals surface area contributed by atoms with Crippen LogP contribution in [-0.2, 0) is 16.0 Å². The van der Waals surface area contributed by atoms with E-state index in [1.807, 2.05) is 30.3 Å². The molecule has 0 aromatic heterocycles. The second kappa shape index (κ2) is 6.51. The standard InChI is InChI=1S/C26H24N2O2/c29-23-17-24(30)28(20-9-2-1-3-10-20)26(23)12-14-27(15-13-26)22-16-19-8-4-6-18-7-5-11-21(22)25(18)19/h1-11,22H,12-17H2. The fraction of sp³-hybridized carbons (Fsp3) is 0.308. The van der Waals surface area contributed by atoms with Crippen LogP contribution in [0, 0.1) is 0 Å². The van der Waals surface area contributed by atoms with Crippen LogP contribution in [0.2, 0.25) is 0 Å². The van der Waals surface area contributed by atoms with Gasteiger partial charge in [0.2, 0.25) is 5.91 Å². The molecule has 4 nitrogen and oxygen atoms in total. The van der Waals surface area contributed by atoms with E-state index in [4.69, 9.17) is 0 Å². The number of carbonyl (C=O) groups is 2. The van der Waals surface area contributed by atoms with Crippen LogP contribution in [0.15, 0.2) is 66.7 Å². The van der Waals surface area contributed by atoms with Gasteiger partial charge in [-0.15, -0.1) is 0 Å². The molecule has 0 saturated carbocycles. The van der Waals surface area contributed by atoms with Crippen LogP contribution in [0.1, 0.15) is 36.4 Å². The number of anilines is 1. The van der Waals surface area contributed by atoms with Gasteiger partial charge in [0.1, 0.15) is 5.54 Å². The van der Waals surface area contributed by atoms with Crippen LogP contribution >= 0.6 is 0 Å². The van der Waals surface area contributed by atoms with Crippen LogP contribution in [0.25, 0.3) is 10.8 Å². The molecule has 2 heterocycles. The van der Waals surface area contributed by atoms with E-state index in [1.165, 1.54) is 21.9 Å². The van der Waals surface area contributed by atoms with Crippen molar-refractivity contribution in [3.63, 3.8) is 0 Å². The molecule has 1 aliphatic carbocycles. The summed E-state index contributed by atoms with van der Waals surface area (Å²) in [5.41, 5.74) is 3.01. The first kappa shape index (κ1) is 17.8. The highest BCUT2D eigenvalue weighted by atomic mass is 16.2. The van der Waals surface area contributed by atoms with Crippen molar-refractivity contribution in [3.8, 4) is 0 Å². The van der Waals surface area contributed by atoms with E-state index < -0.39 is 5.54 Å². The smallest absolute Gasteiger partial charge is 0.235 e. The van der Waals surface area contributed by atoms with Crippen LogP contribution in [-0.4, -0.2) is 35.2 Å². The van der Waals surface area contributed by atoms with E-state index in [1.54, 1.807) is 4.90 Å². The molecule has 3 aromatic carbocycles. The molecule has 4 heteroatoms. The minimum Gasteiger partial charge on any atom is -0.299 e. The number of hydrogen-bond acceptors (Lipinski definition) is 3. The lowest BCUT2D eigenvalue weighted by atomic mass is 9.82. The number of para-hydroxylation sites is 1. The number of amides is 1. The van der Waals surface area contributed by atoms with Crippen LogP contribution in [0.3, 0.4) is 0 Å². The van der Waals surface area contributed by atoms with Crippen molar-refractivity contribution < 1.29 is 9.59 Å². The number of rotatable bonds is 2. The largest absolute Gasteiger partial charge is 0.299 e. The van der Waals surface area contributed by atoms with Crippen molar-refractivity contribution in [2.75, 3.05) is 18.0 Å². The number of hydrogen-bond donors (Lipinski definition) is 0. The third kappa shape index (κ3) is 2.43. The Hall–Kier alpha value is -2.98. The molecule has 1 amide bonds. The number of nitrogens with zero attached hydrogens (tertiary/aromatic N) is 2. The number of ketones is 1. The topological polar surface area (TPSA) is 40.6 Å². The minimum absolute atomic E-state index is 0.0308. The van der Waals surface area contributed by atoms with E-state index >= 15 is 0 Å². The Morgan fingerprint density at radius 1 is 0.833 bits per heavy atom. The lowest BCUT2D eigenvalue weighted by molar-refractivity contribution is -0.124. The average molecular weight is 396 g/mol. The van der Waals surface area contributed by atoms with E-state index in [0.29, 0.717) is 18.9 Å². The van der Waals surface area contributed by atoms with Crippen molar-refractivity contribution in [1.29, 1.82) is 0 Å². The number of carbonyl (C=O) groups excluding carboxylic acids is 2. The zero-order valence-electron chi connectivity index (χ0n) is 16.9. The van der Waals surface area contributed by atoms with E-state index in [2.05, 4.69) is 41.3 Å². The van der Waals surface area contributed by atoms with Gasteiger partial charge < -0.3 is 0 Å². The van der Waals surface area contributed by atoms with Crippen LogP contribution < -0.4 is 4.90 Å². The van der Waals surface area contributed by atoms with Gasteiger partial charge in [-0.1, -0.05) is 54.6 Å². The summed E-state index contributed by atoms with van der Waals surface area (Å²) in [5.74, 6) is 0.0329. The molecule has 1 atom stereocenters. The molecule has 3 aliphatic rings. The normalized spacial score (nSPS) is 23.1. The van der Waals surface area contributed by atoms with Crippen molar-refractivity contribution in [1.82, 2.24) is 4.90 Å². The lowest BCUT2D eigenvalue weighted by Crippen LogP contribution is -2.57. The molecular weight excluding hydrogens is 372 g/mol. The van der Waals surface area contributed by atoms with Gasteiger partial charge in [0.15, 0.2) is 5.78 Å². The van der Waals surface area contributed by atoms with Crippen LogP contribution in [0.4, 0.5) is 5.69 Å². The zero-order chi connectivity index (χ0) is 20.3. The van der Waals surface area contributed by atoms with Crippen molar-refractivity contribution in [3.05, 3.63) is 77.9 Å². The van der Waals surface area contributed by atoms with Gasteiger partial charge in [-0.3, -0.25) is 19.4 Å². The summed E-state index contributed by atoms with van der Waals surface area (Å²) >= 11 is 0. The second-order valence-electron chi connectivity index (χ2n) is 8.81. The van der Waals surface area contributed by atoms with Gasteiger partial charge in [0, 0.05) is 24.8 Å². The Labute approximate surface area is 176 Å². The molecule has 0 bridgehead atoms. The van der Waals surface area contributed by atoms with Crippen LogP contribution in [0.5, 0.6) is 0 Å². The summed E-state index contributed by atoms with van der Waals surface area (Å²) in [6, 6.07) is 23.2. The molecular formula is C26H24N2O2. The number of benzene rings is 3. The van der Waals surface area contributed by atoms with Crippen molar-refractivity contribution in [2.24, 2.45) is 0 Å². The maximum atomic E-state index is 13.0. The molecule has 2 saturated heterocycles. The Balaban J connectivity index is 1.30. The summed E-state index contributed by atoms with van der Waals surface area (Å²) in [4.78, 5) is 30.1. The average Bonchev–Trinajstić information content (AvgIpc) is 3.26. The van der Waals surface area contributed by atoms with E-state index in [0.717, 1.165) is 25.2 Å². The highest BCUT2D eigenvalue weighted by molar-refractivity contribution is 6.19. The first-order valence-corrected chi connectivity index (χ1v) is 10.8. The van der Waals surface area contributed by atoms with Gasteiger partial charge in [0.25, 0.3) is 0 Å². The van der Waals surface area contributed by atoms with Crippen molar-refractivity contribution >= 4 is 28.2 Å².